The molecule has 0 bridgehead atoms. The molecule has 114 valence electrons. The molecule has 0 unspecified atom stereocenters. The summed E-state index contributed by atoms with van der Waals surface area (Å²) in [6, 6.07) is 3.67. The summed E-state index contributed by atoms with van der Waals surface area (Å²) in [7, 11) is 0. The van der Waals surface area contributed by atoms with Gasteiger partial charge in [0, 0.05) is 11.1 Å². The average Bonchev–Trinajstić information content (AvgIpc) is 3.34. The van der Waals surface area contributed by atoms with E-state index in [0.29, 0.717) is 33.1 Å². The zero-order chi connectivity index (χ0) is 15.7. The molecule has 0 radical (unpaired) electrons. The maximum atomic E-state index is 4.31. The Morgan fingerprint density at radius 1 is 0.583 bits per heavy atom. The van der Waals surface area contributed by atoms with Crippen molar-refractivity contribution in [1.29, 1.82) is 0 Å². The van der Waals surface area contributed by atoms with Crippen molar-refractivity contribution >= 4 is 44.1 Å². The van der Waals surface area contributed by atoms with Crippen LogP contribution in [0.3, 0.4) is 0 Å². The molecule has 12 heteroatoms. The highest BCUT2D eigenvalue weighted by molar-refractivity contribution is 6.17. The molecular weight excluding hydrogens is 312 g/mol. The number of aromatic nitrogens is 12. The van der Waals surface area contributed by atoms with E-state index in [1.807, 2.05) is 12.1 Å². The van der Waals surface area contributed by atoms with Crippen molar-refractivity contribution < 1.29 is 0 Å². The van der Waals surface area contributed by atoms with Gasteiger partial charge in [-0.2, -0.15) is 10.2 Å². The predicted molar refractivity (Wildman–Crippen MR) is 81.7 cm³/mol. The molecule has 24 heavy (non-hydrogen) atoms. The van der Waals surface area contributed by atoms with E-state index in [0.717, 1.165) is 22.2 Å². The molecule has 0 saturated carbocycles. The smallest absolute Gasteiger partial charge is 0.125 e. The summed E-state index contributed by atoms with van der Waals surface area (Å²) in [6.07, 6.45) is 0. The van der Waals surface area contributed by atoms with E-state index >= 15 is 0 Å². The number of nitrogens with one attached hydrogen (secondary N) is 4. The van der Waals surface area contributed by atoms with Crippen LogP contribution in [0.25, 0.3) is 55.3 Å². The minimum absolute atomic E-state index is 0.614. The lowest BCUT2D eigenvalue weighted by atomic mass is 9.99. The predicted octanol–water partition coefficient (Wildman–Crippen LogP) is 0.439. The summed E-state index contributed by atoms with van der Waals surface area (Å²) in [6.45, 7) is 0. The van der Waals surface area contributed by atoms with Crippen molar-refractivity contribution in [1.82, 2.24) is 61.6 Å². The first-order valence-electron chi connectivity index (χ1n) is 6.99. The molecule has 6 rings (SSSR count). The summed E-state index contributed by atoms with van der Waals surface area (Å²) in [5.41, 5.74) is 6.89. The number of nitrogens with zero attached hydrogens (tertiary/aromatic N) is 8. The summed E-state index contributed by atoms with van der Waals surface area (Å²) in [5, 5.41) is 44.1. The van der Waals surface area contributed by atoms with Gasteiger partial charge in [-0.15, -0.1) is 20.4 Å². The van der Waals surface area contributed by atoms with Crippen LogP contribution in [0, 0.1) is 0 Å². The molecule has 4 heterocycles. The van der Waals surface area contributed by atoms with E-state index in [-0.39, 0.29) is 0 Å². The number of hydrogen-bond donors (Lipinski definition) is 4. The van der Waals surface area contributed by atoms with E-state index in [1.54, 1.807) is 0 Å². The zero-order valence-electron chi connectivity index (χ0n) is 11.7. The maximum Gasteiger partial charge on any atom is 0.125 e. The first kappa shape index (κ1) is 11.6. The fourth-order valence-corrected chi connectivity index (χ4v) is 3.07. The lowest BCUT2D eigenvalue weighted by Gasteiger charge is -2.04. The summed E-state index contributed by atoms with van der Waals surface area (Å²) in [4.78, 5) is 0. The van der Waals surface area contributed by atoms with Crippen molar-refractivity contribution in [3.05, 3.63) is 12.1 Å². The Morgan fingerprint density at radius 3 is 1.58 bits per heavy atom. The number of fused-ring (bicyclic) bond motifs is 4. The molecule has 0 aliphatic rings. The van der Waals surface area contributed by atoms with Gasteiger partial charge in [0.1, 0.15) is 33.1 Å². The fraction of sp³-hybridized carbons (Fsp3) is 0. The number of aromatic amines is 4. The van der Waals surface area contributed by atoms with Crippen LogP contribution in [0.2, 0.25) is 0 Å². The van der Waals surface area contributed by atoms with Crippen LogP contribution in [0.4, 0.5) is 0 Å². The van der Waals surface area contributed by atoms with E-state index < -0.39 is 0 Å². The van der Waals surface area contributed by atoms with Gasteiger partial charge in [-0.1, -0.05) is 0 Å². The van der Waals surface area contributed by atoms with Gasteiger partial charge in [0.25, 0.3) is 0 Å². The van der Waals surface area contributed by atoms with E-state index in [2.05, 4.69) is 61.6 Å². The molecular formula is C12H6N12. The van der Waals surface area contributed by atoms with Crippen molar-refractivity contribution in [2.75, 3.05) is 0 Å². The van der Waals surface area contributed by atoms with Gasteiger partial charge in [0.15, 0.2) is 0 Å². The minimum Gasteiger partial charge on any atom is -0.283 e. The molecule has 0 atom stereocenters. The SMILES string of the molecule is c1c2nnnc2c(-c2c3nnnc3cc3[nH][nH]nc23)c2n[nH][nH]c12. The van der Waals surface area contributed by atoms with Crippen LogP contribution in [0.5, 0.6) is 0 Å². The molecule has 4 aromatic heterocycles. The summed E-state index contributed by atoms with van der Waals surface area (Å²) < 4.78 is 0. The Morgan fingerprint density at radius 2 is 1.08 bits per heavy atom. The number of rotatable bonds is 1. The van der Waals surface area contributed by atoms with Crippen LogP contribution in [-0.4, -0.2) is 61.6 Å². The highest BCUT2D eigenvalue weighted by atomic mass is 15.4. The summed E-state index contributed by atoms with van der Waals surface area (Å²) in [5.74, 6) is 0. The van der Waals surface area contributed by atoms with Crippen molar-refractivity contribution in [3.63, 3.8) is 0 Å². The Hall–Kier alpha value is -3.96. The lowest BCUT2D eigenvalue weighted by Crippen LogP contribution is -1.89. The Kier molecular flexibility index (Phi) is 1.87. The molecule has 0 fully saturated rings. The molecule has 0 spiro atoms. The second-order valence-corrected chi connectivity index (χ2v) is 5.31. The molecule has 6 aromatic rings. The van der Waals surface area contributed by atoms with Crippen molar-refractivity contribution in [3.8, 4) is 11.1 Å². The second-order valence-electron chi connectivity index (χ2n) is 5.31. The molecule has 0 aliphatic heterocycles. The highest BCUT2D eigenvalue weighted by Gasteiger charge is 2.23. The van der Waals surface area contributed by atoms with Gasteiger partial charge in [0.2, 0.25) is 0 Å². The molecule has 0 amide bonds. The van der Waals surface area contributed by atoms with Crippen LogP contribution in [-0.2, 0) is 0 Å². The van der Waals surface area contributed by atoms with Crippen LogP contribution in [0.1, 0.15) is 0 Å². The molecule has 4 N–H and O–H groups in total. The van der Waals surface area contributed by atoms with Gasteiger partial charge < -0.3 is 0 Å². The first-order valence-corrected chi connectivity index (χ1v) is 6.99. The number of H-pyrrole nitrogens is 4. The van der Waals surface area contributed by atoms with E-state index in [9.17, 15) is 0 Å². The molecule has 2 aromatic carbocycles. The largest absolute Gasteiger partial charge is 0.283 e. The Labute approximate surface area is 130 Å². The standard InChI is InChI=1S/C12H6N12/c1-3-9(17-21-13-3)7(10-4(1)14-22-18-10)8-11-5(15-23-19-11)2-6-12(8)20-24-16-6/h1-2,13,15,21,23H. The lowest BCUT2D eigenvalue weighted by molar-refractivity contribution is 0.951. The van der Waals surface area contributed by atoms with E-state index in [1.165, 1.54) is 0 Å². The van der Waals surface area contributed by atoms with Gasteiger partial charge in [-0.3, -0.25) is 10.2 Å². The fourth-order valence-electron chi connectivity index (χ4n) is 3.07. The van der Waals surface area contributed by atoms with Gasteiger partial charge in [-0.05, 0) is 22.6 Å². The molecule has 0 aliphatic carbocycles. The topological polar surface area (TPSA) is 166 Å². The Bertz CT molecular complexity index is 1160. The maximum absolute atomic E-state index is 4.31. The monoisotopic (exact) mass is 318 g/mol. The third-order valence-corrected chi connectivity index (χ3v) is 4.07. The van der Waals surface area contributed by atoms with Crippen LogP contribution >= 0.6 is 0 Å². The zero-order valence-corrected chi connectivity index (χ0v) is 11.7. The third-order valence-electron chi connectivity index (χ3n) is 4.07. The second kappa shape index (κ2) is 3.87. The van der Waals surface area contributed by atoms with Crippen molar-refractivity contribution in [2.45, 2.75) is 0 Å². The van der Waals surface area contributed by atoms with Gasteiger partial charge in [-0.25, -0.2) is 10.4 Å². The number of hydrogen-bond acceptors (Lipinski definition) is 8. The molecule has 0 saturated heterocycles. The normalized spacial score (nSPS) is 12.2. The van der Waals surface area contributed by atoms with Gasteiger partial charge >= 0.3 is 0 Å². The average molecular weight is 318 g/mol. The summed E-state index contributed by atoms with van der Waals surface area (Å²) >= 11 is 0. The third kappa shape index (κ3) is 1.28. The van der Waals surface area contributed by atoms with Gasteiger partial charge in [0.05, 0.1) is 11.0 Å². The van der Waals surface area contributed by atoms with Crippen LogP contribution < -0.4 is 0 Å². The first-order chi connectivity index (χ1) is 11.9. The van der Waals surface area contributed by atoms with Crippen LogP contribution in [0.15, 0.2) is 12.1 Å². The Balaban J connectivity index is 1.95. The molecule has 12 nitrogen and oxygen atoms in total. The van der Waals surface area contributed by atoms with Crippen molar-refractivity contribution in [2.24, 2.45) is 0 Å². The highest BCUT2D eigenvalue weighted by Crippen LogP contribution is 2.39. The quantitative estimate of drug-likeness (QED) is 0.339. The van der Waals surface area contributed by atoms with E-state index in [4.69, 9.17) is 0 Å². The number of benzene rings is 2. The minimum atomic E-state index is 0.614.